The van der Waals surface area contributed by atoms with Crippen molar-refractivity contribution in [2.24, 2.45) is 0 Å². The summed E-state index contributed by atoms with van der Waals surface area (Å²) < 4.78 is 1.68. The number of H-pyrrole nitrogens is 1. The Kier molecular flexibility index (Phi) is 2.62. The molecule has 3 heteroatoms. The summed E-state index contributed by atoms with van der Waals surface area (Å²) in [6, 6.07) is 3.80. The summed E-state index contributed by atoms with van der Waals surface area (Å²) in [7, 11) is 0. The number of unbranched alkanes of at least 4 members (excludes halogenated alkanes) is 1. The summed E-state index contributed by atoms with van der Waals surface area (Å²) in [6.45, 7) is 4.11. The number of hydrogen-bond acceptors (Lipinski definition) is 1. The molecule has 0 radical (unpaired) electrons. The molecule has 0 unspecified atom stereocenters. The van der Waals surface area contributed by atoms with Gasteiger partial charge in [-0.15, -0.1) is 0 Å². The first-order valence-corrected chi connectivity index (χ1v) is 5.43. The number of aromatic nitrogens is 2. The lowest BCUT2D eigenvalue weighted by Gasteiger charge is -2.05. The van der Waals surface area contributed by atoms with Gasteiger partial charge in [-0.25, -0.2) is 0 Å². The Hall–Kier alpha value is -1.51. The van der Waals surface area contributed by atoms with Crippen molar-refractivity contribution >= 4 is 5.65 Å². The fourth-order valence-corrected chi connectivity index (χ4v) is 1.88. The van der Waals surface area contributed by atoms with Crippen molar-refractivity contribution in [2.45, 2.75) is 33.1 Å². The van der Waals surface area contributed by atoms with Crippen LogP contribution in [0.3, 0.4) is 0 Å². The quantitative estimate of drug-likeness (QED) is 0.818. The molecule has 0 aliphatic rings. The molecule has 0 aliphatic heterocycles. The molecule has 80 valence electrons. The average molecular weight is 204 g/mol. The smallest absolute Gasteiger partial charge is 0.261 e. The van der Waals surface area contributed by atoms with Crippen LogP contribution in [0.5, 0.6) is 0 Å². The Morgan fingerprint density at radius 1 is 1.47 bits per heavy atom. The summed E-state index contributed by atoms with van der Waals surface area (Å²) in [6.07, 6.45) is 4.86. The molecule has 15 heavy (non-hydrogen) atoms. The molecule has 0 fully saturated rings. The largest absolute Gasteiger partial charge is 0.345 e. The third-order valence-electron chi connectivity index (χ3n) is 2.77. The van der Waals surface area contributed by atoms with Crippen molar-refractivity contribution < 1.29 is 0 Å². The summed E-state index contributed by atoms with van der Waals surface area (Å²) in [5, 5.41) is 0. The van der Waals surface area contributed by atoms with Crippen LogP contribution in [0.4, 0.5) is 0 Å². The molecule has 2 rings (SSSR count). The highest BCUT2D eigenvalue weighted by Gasteiger charge is 2.07. The van der Waals surface area contributed by atoms with Crippen LogP contribution in [0.25, 0.3) is 5.65 Å². The average Bonchev–Trinajstić information content (AvgIpc) is 2.65. The molecule has 0 bridgehead atoms. The van der Waals surface area contributed by atoms with E-state index in [9.17, 15) is 4.79 Å². The van der Waals surface area contributed by atoms with Gasteiger partial charge in [-0.05, 0) is 31.9 Å². The first-order valence-electron chi connectivity index (χ1n) is 5.43. The standard InChI is InChI=1S/C12H16N2O/c1-3-4-6-10-9(2)13-11-7-5-8-14(11)12(10)15/h5,7-8,13H,3-4,6H2,1-2H3. The molecule has 1 N–H and O–H groups in total. The minimum Gasteiger partial charge on any atom is -0.345 e. The predicted molar refractivity (Wildman–Crippen MR) is 61.4 cm³/mol. The SMILES string of the molecule is CCCCc1c(C)[nH]c2cccn2c1=O. The third-order valence-corrected chi connectivity index (χ3v) is 2.77. The van der Waals surface area contributed by atoms with Crippen molar-refractivity contribution in [1.29, 1.82) is 0 Å². The highest BCUT2D eigenvalue weighted by Crippen LogP contribution is 2.07. The Morgan fingerprint density at radius 3 is 3.00 bits per heavy atom. The normalized spacial score (nSPS) is 11.1. The van der Waals surface area contributed by atoms with Crippen molar-refractivity contribution in [3.05, 3.63) is 39.9 Å². The lowest BCUT2D eigenvalue weighted by Crippen LogP contribution is -2.20. The summed E-state index contributed by atoms with van der Waals surface area (Å²) >= 11 is 0. The summed E-state index contributed by atoms with van der Waals surface area (Å²) in [5.74, 6) is 0. The lowest BCUT2D eigenvalue weighted by atomic mass is 10.1. The Bertz CT molecular complexity index is 522. The fraction of sp³-hybridized carbons (Fsp3) is 0.417. The molecule has 2 heterocycles. The van der Waals surface area contributed by atoms with Gasteiger partial charge in [0.1, 0.15) is 5.65 Å². The maximum atomic E-state index is 12.1. The van der Waals surface area contributed by atoms with Crippen molar-refractivity contribution in [2.75, 3.05) is 0 Å². The van der Waals surface area contributed by atoms with E-state index in [2.05, 4.69) is 11.9 Å². The second kappa shape index (κ2) is 3.93. The number of aromatic amines is 1. The number of fused-ring (bicyclic) bond motifs is 1. The third kappa shape index (κ3) is 1.69. The van der Waals surface area contributed by atoms with E-state index in [0.717, 1.165) is 36.2 Å². The molecule has 0 spiro atoms. The van der Waals surface area contributed by atoms with E-state index in [1.807, 2.05) is 25.3 Å². The minimum atomic E-state index is 0.125. The first kappa shape index (κ1) is 10.0. The van der Waals surface area contributed by atoms with Gasteiger partial charge in [0.15, 0.2) is 0 Å². The minimum absolute atomic E-state index is 0.125. The van der Waals surface area contributed by atoms with Gasteiger partial charge in [-0.1, -0.05) is 13.3 Å². The van der Waals surface area contributed by atoms with Gasteiger partial charge in [0.2, 0.25) is 0 Å². The molecule has 2 aromatic rings. The van der Waals surface area contributed by atoms with Crippen LogP contribution in [0, 0.1) is 6.92 Å². The highest BCUT2D eigenvalue weighted by atomic mass is 16.1. The molecule has 2 aromatic heterocycles. The van der Waals surface area contributed by atoms with E-state index in [4.69, 9.17) is 0 Å². The molecular weight excluding hydrogens is 188 g/mol. The van der Waals surface area contributed by atoms with Crippen LogP contribution in [0.15, 0.2) is 23.1 Å². The van der Waals surface area contributed by atoms with Gasteiger partial charge in [0, 0.05) is 17.5 Å². The van der Waals surface area contributed by atoms with E-state index in [0.29, 0.717) is 0 Å². The number of rotatable bonds is 3. The predicted octanol–water partition coefficient (Wildman–Crippen LogP) is 2.28. The number of aryl methyl sites for hydroxylation is 1. The van der Waals surface area contributed by atoms with E-state index in [1.165, 1.54) is 0 Å². The van der Waals surface area contributed by atoms with Gasteiger partial charge in [0.25, 0.3) is 5.56 Å². The van der Waals surface area contributed by atoms with E-state index < -0.39 is 0 Å². The number of hydrogen-bond donors (Lipinski definition) is 1. The van der Waals surface area contributed by atoms with E-state index in [1.54, 1.807) is 4.40 Å². The lowest BCUT2D eigenvalue weighted by molar-refractivity contribution is 0.772. The van der Waals surface area contributed by atoms with Crippen LogP contribution in [-0.4, -0.2) is 9.38 Å². The topological polar surface area (TPSA) is 37.3 Å². The zero-order valence-corrected chi connectivity index (χ0v) is 9.21. The zero-order chi connectivity index (χ0) is 10.8. The summed E-state index contributed by atoms with van der Waals surface area (Å²) in [5.41, 5.74) is 2.91. The monoisotopic (exact) mass is 204 g/mol. The zero-order valence-electron chi connectivity index (χ0n) is 9.21. The van der Waals surface area contributed by atoms with Crippen molar-refractivity contribution in [1.82, 2.24) is 9.38 Å². The van der Waals surface area contributed by atoms with Crippen LogP contribution < -0.4 is 5.56 Å². The molecule has 0 amide bonds. The summed E-state index contributed by atoms with van der Waals surface area (Å²) in [4.78, 5) is 15.3. The van der Waals surface area contributed by atoms with Crippen molar-refractivity contribution in [3.63, 3.8) is 0 Å². The Morgan fingerprint density at radius 2 is 2.27 bits per heavy atom. The Balaban J connectivity index is 2.57. The molecule has 0 aromatic carbocycles. The maximum Gasteiger partial charge on any atom is 0.261 e. The van der Waals surface area contributed by atoms with Crippen LogP contribution in [0.1, 0.15) is 31.0 Å². The highest BCUT2D eigenvalue weighted by molar-refractivity contribution is 5.41. The molecule has 3 nitrogen and oxygen atoms in total. The molecule has 0 saturated heterocycles. The second-order valence-electron chi connectivity index (χ2n) is 3.90. The van der Waals surface area contributed by atoms with Gasteiger partial charge in [0.05, 0.1) is 0 Å². The first-order chi connectivity index (χ1) is 7.24. The van der Waals surface area contributed by atoms with Crippen molar-refractivity contribution in [3.8, 4) is 0 Å². The molecule has 0 atom stereocenters. The Labute approximate surface area is 88.8 Å². The number of nitrogens with one attached hydrogen (secondary N) is 1. The molecule has 0 saturated carbocycles. The van der Waals surface area contributed by atoms with E-state index >= 15 is 0 Å². The van der Waals surface area contributed by atoms with Gasteiger partial charge >= 0.3 is 0 Å². The van der Waals surface area contributed by atoms with Gasteiger partial charge in [-0.2, -0.15) is 0 Å². The fourth-order valence-electron chi connectivity index (χ4n) is 1.88. The van der Waals surface area contributed by atoms with Crippen LogP contribution in [0.2, 0.25) is 0 Å². The van der Waals surface area contributed by atoms with E-state index in [-0.39, 0.29) is 5.56 Å². The van der Waals surface area contributed by atoms with Crippen LogP contribution in [-0.2, 0) is 6.42 Å². The van der Waals surface area contributed by atoms with Crippen LogP contribution >= 0.6 is 0 Å². The molecular formula is C12H16N2O. The maximum absolute atomic E-state index is 12.1. The number of nitrogens with zero attached hydrogens (tertiary/aromatic N) is 1. The van der Waals surface area contributed by atoms with Gasteiger partial charge < -0.3 is 4.98 Å². The van der Waals surface area contributed by atoms with Gasteiger partial charge in [-0.3, -0.25) is 9.20 Å². The molecule has 0 aliphatic carbocycles. The second-order valence-corrected chi connectivity index (χ2v) is 3.90.